The van der Waals surface area contributed by atoms with Gasteiger partial charge in [0.05, 0.1) is 6.54 Å². The van der Waals surface area contributed by atoms with Crippen LogP contribution in [0.4, 0.5) is 4.39 Å². The second kappa shape index (κ2) is 10.1. The van der Waals surface area contributed by atoms with Gasteiger partial charge in [0.25, 0.3) is 0 Å². The number of aromatic nitrogens is 1. The van der Waals surface area contributed by atoms with Crippen LogP contribution in [-0.4, -0.2) is 24.2 Å². The first-order valence-electron chi connectivity index (χ1n) is 6.94. The topological polar surface area (TPSA) is 62.5 Å². The van der Waals surface area contributed by atoms with Gasteiger partial charge in [-0.2, -0.15) is 0 Å². The van der Waals surface area contributed by atoms with E-state index in [2.05, 4.69) is 20.8 Å². The summed E-state index contributed by atoms with van der Waals surface area (Å²) in [6.45, 7) is 3.97. The van der Waals surface area contributed by atoms with Gasteiger partial charge in [0.1, 0.15) is 17.8 Å². The van der Waals surface area contributed by atoms with Gasteiger partial charge in [0, 0.05) is 19.2 Å². The number of guanidine groups is 1. The minimum absolute atomic E-state index is 0. The van der Waals surface area contributed by atoms with Gasteiger partial charge in [-0.25, -0.2) is 9.38 Å². The maximum absolute atomic E-state index is 12.8. The zero-order valence-corrected chi connectivity index (χ0v) is 14.7. The van der Waals surface area contributed by atoms with Crippen molar-refractivity contribution in [1.29, 1.82) is 0 Å². The van der Waals surface area contributed by atoms with E-state index in [4.69, 9.17) is 4.52 Å². The van der Waals surface area contributed by atoms with E-state index in [9.17, 15) is 4.39 Å². The van der Waals surface area contributed by atoms with Crippen LogP contribution in [0.3, 0.4) is 0 Å². The SMILES string of the molecule is CCNC(=NCc1ccon1)NCCc1ccc(F)cc1.I. The van der Waals surface area contributed by atoms with Gasteiger partial charge in [0.2, 0.25) is 0 Å². The highest BCUT2D eigenvalue weighted by molar-refractivity contribution is 14.0. The second-order valence-electron chi connectivity index (χ2n) is 4.49. The molecule has 0 amide bonds. The van der Waals surface area contributed by atoms with Crippen LogP contribution >= 0.6 is 24.0 Å². The fraction of sp³-hybridized carbons (Fsp3) is 0.333. The van der Waals surface area contributed by atoms with Crippen molar-refractivity contribution in [3.63, 3.8) is 0 Å². The fourth-order valence-electron chi connectivity index (χ4n) is 1.80. The molecule has 2 rings (SSSR count). The van der Waals surface area contributed by atoms with Gasteiger partial charge in [-0.15, -0.1) is 24.0 Å². The fourth-order valence-corrected chi connectivity index (χ4v) is 1.80. The standard InChI is InChI=1S/C15H19FN4O.HI/c1-2-17-15(19-11-14-8-10-21-20-14)18-9-7-12-3-5-13(16)6-4-12;/h3-6,8,10H,2,7,9,11H2,1H3,(H2,17,18,19);1H. The Labute approximate surface area is 146 Å². The first kappa shape index (κ1) is 18.4. The smallest absolute Gasteiger partial charge is 0.191 e. The molecule has 2 N–H and O–H groups in total. The maximum Gasteiger partial charge on any atom is 0.191 e. The number of hydrogen-bond acceptors (Lipinski definition) is 3. The molecule has 0 unspecified atom stereocenters. The van der Waals surface area contributed by atoms with Crippen LogP contribution in [0.1, 0.15) is 18.2 Å². The van der Waals surface area contributed by atoms with E-state index in [1.807, 2.05) is 6.92 Å². The van der Waals surface area contributed by atoms with Gasteiger partial charge < -0.3 is 15.2 Å². The van der Waals surface area contributed by atoms with E-state index >= 15 is 0 Å². The molecule has 1 heterocycles. The number of aliphatic imine (C=N–C) groups is 1. The summed E-state index contributed by atoms with van der Waals surface area (Å²) in [5.74, 6) is 0.511. The number of halogens is 2. The van der Waals surface area contributed by atoms with E-state index < -0.39 is 0 Å². The van der Waals surface area contributed by atoms with Crippen LogP contribution in [-0.2, 0) is 13.0 Å². The quantitative estimate of drug-likeness (QED) is 0.430. The summed E-state index contributed by atoms with van der Waals surface area (Å²) in [5, 5.41) is 10.2. The minimum atomic E-state index is -0.214. The zero-order chi connectivity index (χ0) is 14.9. The highest BCUT2D eigenvalue weighted by atomic mass is 127. The summed E-state index contributed by atoms with van der Waals surface area (Å²) in [4.78, 5) is 4.41. The molecule has 0 atom stereocenters. The lowest BCUT2D eigenvalue weighted by Gasteiger charge is -2.10. The van der Waals surface area contributed by atoms with Gasteiger partial charge in [0.15, 0.2) is 5.96 Å². The Morgan fingerprint density at radius 1 is 1.23 bits per heavy atom. The average Bonchev–Trinajstić information content (AvgIpc) is 3.00. The molecule has 7 heteroatoms. The molecular formula is C15H20FIN4O. The van der Waals surface area contributed by atoms with Crippen LogP contribution in [0.2, 0.25) is 0 Å². The van der Waals surface area contributed by atoms with Crippen molar-refractivity contribution in [2.45, 2.75) is 19.9 Å². The number of hydrogen-bond donors (Lipinski definition) is 2. The molecule has 120 valence electrons. The van der Waals surface area contributed by atoms with Gasteiger partial charge >= 0.3 is 0 Å². The van der Waals surface area contributed by atoms with Crippen molar-refractivity contribution in [1.82, 2.24) is 15.8 Å². The Balaban J connectivity index is 0.00000242. The number of nitrogens with one attached hydrogen (secondary N) is 2. The molecule has 0 saturated carbocycles. The largest absolute Gasteiger partial charge is 0.364 e. The maximum atomic E-state index is 12.8. The predicted molar refractivity (Wildman–Crippen MR) is 94.8 cm³/mol. The van der Waals surface area contributed by atoms with E-state index in [-0.39, 0.29) is 29.8 Å². The highest BCUT2D eigenvalue weighted by Crippen LogP contribution is 2.02. The monoisotopic (exact) mass is 418 g/mol. The molecule has 1 aromatic carbocycles. The first-order chi connectivity index (χ1) is 10.3. The Kier molecular flexibility index (Phi) is 8.49. The van der Waals surface area contributed by atoms with Crippen molar-refractivity contribution in [2.75, 3.05) is 13.1 Å². The zero-order valence-electron chi connectivity index (χ0n) is 12.4. The molecule has 5 nitrogen and oxygen atoms in total. The first-order valence-corrected chi connectivity index (χ1v) is 6.94. The summed E-state index contributed by atoms with van der Waals surface area (Å²) in [6, 6.07) is 8.30. The molecule has 22 heavy (non-hydrogen) atoms. The van der Waals surface area contributed by atoms with Crippen LogP contribution in [0, 0.1) is 5.82 Å². The summed E-state index contributed by atoms with van der Waals surface area (Å²) >= 11 is 0. The van der Waals surface area contributed by atoms with Crippen LogP contribution in [0.15, 0.2) is 46.1 Å². The number of benzene rings is 1. The third-order valence-electron chi connectivity index (χ3n) is 2.85. The Hall–Kier alpha value is -1.64. The number of nitrogens with zero attached hydrogens (tertiary/aromatic N) is 2. The van der Waals surface area contributed by atoms with E-state index in [0.717, 1.165) is 36.7 Å². The predicted octanol–water partition coefficient (Wildman–Crippen LogP) is 2.73. The lowest BCUT2D eigenvalue weighted by molar-refractivity contribution is 0.412. The van der Waals surface area contributed by atoms with Gasteiger partial charge in [-0.05, 0) is 31.0 Å². The summed E-state index contributed by atoms with van der Waals surface area (Å²) in [7, 11) is 0. The molecule has 0 radical (unpaired) electrons. The molecule has 0 saturated heterocycles. The molecular weight excluding hydrogens is 398 g/mol. The van der Waals surface area contributed by atoms with E-state index in [1.54, 1.807) is 18.2 Å². The van der Waals surface area contributed by atoms with Crippen LogP contribution in [0.25, 0.3) is 0 Å². The number of rotatable bonds is 6. The van der Waals surface area contributed by atoms with E-state index in [1.165, 1.54) is 18.4 Å². The second-order valence-corrected chi connectivity index (χ2v) is 4.49. The highest BCUT2D eigenvalue weighted by Gasteiger charge is 2.00. The summed E-state index contributed by atoms with van der Waals surface area (Å²) in [5.41, 5.74) is 1.86. The van der Waals surface area contributed by atoms with Crippen LogP contribution in [0.5, 0.6) is 0 Å². The minimum Gasteiger partial charge on any atom is -0.364 e. The molecule has 0 aliphatic rings. The van der Waals surface area contributed by atoms with Crippen LogP contribution < -0.4 is 10.6 Å². The van der Waals surface area contributed by atoms with Crippen molar-refractivity contribution < 1.29 is 8.91 Å². The molecule has 0 fully saturated rings. The van der Waals surface area contributed by atoms with Gasteiger partial charge in [-0.3, -0.25) is 0 Å². The van der Waals surface area contributed by atoms with Crippen molar-refractivity contribution in [3.05, 3.63) is 53.7 Å². The van der Waals surface area contributed by atoms with E-state index in [0.29, 0.717) is 6.54 Å². The summed E-state index contributed by atoms with van der Waals surface area (Å²) in [6.07, 6.45) is 2.33. The lowest BCUT2D eigenvalue weighted by atomic mass is 10.1. The molecule has 0 aliphatic heterocycles. The molecule has 0 spiro atoms. The Morgan fingerprint density at radius 2 is 2.00 bits per heavy atom. The molecule has 2 aromatic rings. The van der Waals surface area contributed by atoms with Crippen molar-refractivity contribution in [3.8, 4) is 0 Å². The summed E-state index contributed by atoms with van der Waals surface area (Å²) < 4.78 is 17.6. The Morgan fingerprint density at radius 3 is 2.64 bits per heavy atom. The molecule has 1 aromatic heterocycles. The lowest BCUT2D eigenvalue weighted by Crippen LogP contribution is -2.38. The molecule has 0 bridgehead atoms. The molecule has 0 aliphatic carbocycles. The average molecular weight is 418 g/mol. The van der Waals surface area contributed by atoms with Crippen molar-refractivity contribution in [2.24, 2.45) is 4.99 Å². The normalized spacial score (nSPS) is 10.9. The Bertz CT molecular complexity index is 557. The van der Waals surface area contributed by atoms with Gasteiger partial charge in [-0.1, -0.05) is 17.3 Å². The third-order valence-corrected chi connectivity index (χ3v) is 2.85. The third kappa shape index (κ3) is 6.42. The van der Waals surface area contributed by atoms with Crippen molar-refractivity contribution >= 4 is 29.9 Å².